The zero-order chi connectivity index (χ0) is 14.0. The van der Waals surface area contributed by atoms with Crippen LogP contribution in [0.2, 0.25) is 0 Å². The van der Waals surface area contributed by atoms with Gasteiger partial charge in [0, 0.05) is 12.1 Å². The summed E-state index contributed by atoms with van der Waals surface area (Å²) in [6, 6.07) is 2.47. The van der Waals surface area contributed by atoms with Crippen LogP contribution < -0.4 is 15.2 Å². The van der Waals surface area contributed by atoms with Gasteiger partial charge < -0.3 is 25.4 Å². The molecule has 5 nitrogen and oxygen atoms in total. The third-order valence-electron chi connectivity index (χ3n) is 3.88. The minimum atomic E-state index is -0.665. The summed E-state index contributed by atoms with van der Waals surface area (Å²) in [5.74, 6) is 1.12. The highest BCUT2D eigenvalue weighted by Gasteiger charge is 2.33. The van der Waals surface area contributed by atoms with Gasteiger partial charge in [-0.15, -0.1) is 0 Å². The van der Waals surface area contributed by atoms with Crippen molar-refractivity contribution in [1.29, 1.82) is 0 Å². The van der Waals surface area contributed by atoms with Crippen LogP contribution in [-0.2, 0) is 0 Å². The summed E-state index contributed by atoms with van der Waals surface area (Å²) in [6.45, 7) is 0. The molecule has 0 amide bonds. The first kappa shape index (κ1) is 14.0. The average molecular weight is 267 g/mol. The molecule has 2 atom stereocenters. The number of benzene rings is 1. The maximum atomic E-state index is 10.2. The van der Waals surface area contributed by atoms with Gasteiger partial charge in [-0.25, -0.2) is 0 Å². The largest absolute Gasteiger partial charge is 0.507 e. The maximum Gasteiger partial charge on any atom is 0.131 e. The number of hydrogen-bond acceptors (Lipinski definition) is 5. The highest BCUT2D eigenvalue weighted by Crippen LogP contribution is 2.41. The molecule has 0 saturated heterocycles. The van der Waals surface area contributed by atoms with Crippen LogP contribution in [0, 0.1) is 5.92 Å². The maximum absolute atomic E-state index is 10.2. The average Bonchev–Trinajstić information content (AvgIpc) is 2.34. The molecule has 0 unspecified atom stereocenters. The zero-order valence-corrected chi connectivity index (χ0v) is 11.3. The Bertz CT molecular complexity index is 445. The predicted molar refractivity (Wildman–Crippen MR) is 71.5 cm³/mol. The van der Waals surface area contributed by atoms with Crippen molar-refractivity contribution >= 4 is 0 Å². The van der Waals surface area contributed by atoms with Gasteiger partial charge in [-0.2, -0.15) is 0 Å². The van der Waals surface area contributed by atoms with Gasteiger partial charge in [0.15, 0.2) is 0 Å². The highest BCUT2D eigenvalue weighted by molar-refractivity contribution is 5.51. The molecular weight excluding hydrogens is 246 g/mol. The molecule has 1 aromatic carbocycles. The van der Waals surface area contributed by atoms with Crippen LogP contribution in [0.3, 0.4) is 0 Å². The number of rotatable bonds is 5. The van der Waals surface area contributed by atoms with Crippen LogP contribution in [-0.4, -0.2) is 30.5 Å². The number of nitrogens with two attached hydrogens (primary N) is 1. The van der Waals surface area contributed by atoms with E-state index < -0.39 is 12.1 Å². The van der Waals surface area contributed by atoms with Crippen LogP contribution >= 0.6 is 0 Å². The minimum Gasteiger partial charge on any atom is -0.507 e. The Morgan fingerprint density at radius 2 is 1.95 bits per heavy atom. The second kappa shape index (κ2) is 5.67. The van der Waals surface area contributed by atoms with E-state index in [1.807, 2.05) is 0 Å². The SMILES string of the molecule is COc1cc(O)c([C@@H](N)[C@@H](O)C2CCC2)c(OC)c1. The van der Waals surface area contributed by atoms with Crippen molar-refractivity contribution in [2.75, 3.05) is 14.2 Å². The van der Waals surface area contributed by atoms with Crippen molar-refractivity contribution in [2.45, 2.75) is 31.4 Å². The second-order valence-corrected chi connectivity index (χ2v) is 4.97. The van der Waals surface area contributed by atoms with Gasteiger partial charge in [0.2, 0.25) is 0 Å². The second-order valence-electron chi connectivity index (χ2n) is 4.97. The molecule has 106 valence electrons. The van der Waals surface area contributed by atoms with E-state index >= 15 is 0 Å². The quantitative estimate of drug-likeness (QED) is 0.754. The fourth-order valence-electron chi connectivity index (χ4n) is 2.45. The Morgan fingerprint density at radius 3 is 2.42 bits per heavy atom. The lowest BCUT2D eigenvalue weighted by atomic mass is 9.77. The van der Waals surface area contributed by atoms with Crippen LogP contribution in [0.5, 0.6) is 17.2 Å². The molecular formula is C14H21NO4. The normalized spacial score (nSPS) is 18.5. The summed E-state index contributed by atoms with van der Waals surface area (Å²) in [4.78, 5) is 0. The molecule has 0 aromatic heterocycles. The van der Waals surface area contributed by atoms with Crippen LogP contribution in [0.4, 0.5) is 0 Å². The lowest BCUT2D eigenvalue weighted by molar-refractivity contribution is 0.0401. The Balaban J connectivity index is 2.31. The Morgan fingerprint density at radius 1 is 1.26 bits per heavy atom. The Kier molecular flexibility index (Phi) is 4.17. The number of phenols is 1. The monoisotopic (exact) mass is 267 g/mol. The Labute approximate surface area is 113 Å². The molecule has 1 aliphatic rings. The summed E-state index contributed by atoms with van der Waals surface area (Å²) >= 11 is 0. The van der Waals surface area contributed by atoms with E-state index in [9.17, 15) is 10.2 Å². The Hall–Kier alpha value is -1.46. The standard InChI is InChI=1S/C14H21NO4/c1-18-9-6-10(16)12(11(7-9)19-2)13(15)14(17)8-4-3-5-8/h6-8,13-14,16-17H,3-5,15H2,1-2H3/t13-,14+/m1/s1. The molecule has 5 heteroatoms. The topological polar surface area (TPSA) is 84.9 Å². The van der Waals surface area contributed by atoms with Gasteiger partial charge in [0.1, 0.15) is 17.2 Å². The number of aromatic hydroxyl groups is 1. The lowest BCUT2D eigenvalue weighted by Crippen LogP contribution is -2.36. The summed E-state index contributed by atoms with van der Waals surface area (Å²) < 4.78 is 10.3. The first-order chi connectivity index (χ1) is 9.08. The van der Waals surface area contributed by atoms with Gasteiger partial charge in [-0.05, 0) is 18.8 Å². The zero-order valence-electron chi connectivity index (χ0n) is 11.3. The van der Waals surface area contributed by atoms with Crippen LogP contribution in [0.15, 0.2) is 12.1 Å². The number of methoxy groups -OCH3 is 2. The molecule has 1 aromatic rings. The van der Waals surface area contributed by atoms with Crippen molar-refractivity contribution in [3.05, 3.63) is 17.7 Å². The molecule has 4 N–H and O–H groups in total. The summed E-state index contributed by atoms with van der Waals surface area (Å²) in [5, 5.41) is 20.3. The van der Waals surface area contributed by atoms with Gasteiger partial charge in [-0.1, -0.05) is 6.42 Å². The number of aliphatic hydroxyl groups excluding tert-OH is 1. The van der Waals surface area contributed by atoms with Crippen molar-refractivity contribution in [2.24, 2.45) is 11.7 Å². The van der Waals surface area contributed by atoms with Gasteiger partial charge in [0.05, 0.1) is 31.9 Å². The van der Waals surface area contributed by atoms with Gasteiger partial charge in [0.25, 0.3) is 0 Å². The van der Waals surface area contributed by atoms with Gasteiger partial charge >= 0.3 is 0 Å². The van der Waals surface area contributed by atoms with Crippen molar-refractivity contribution in [3.63, 3.8) is 0 Å². The lowest BCUT2D eigenvalue weighted by Gasteiger charge is -2.34. The van der Waals surface area contributed by atoms with Crippen molar-refractivity contribution in [3.8, 4) is 17.2 Å². The van der Waals surface area contributed by atoms with Crippen molar-refractivity contribution < 1.29 is 19.7 Å². The smallest absolute Gasteiger partial charge is 0.131 e. The van der Waals surface area contributed by atoms with Crippen molar-refractivity contribution in [1.82, 2.24) is 0 Å². The number of aliphatic hydroxyl groups is 1. The molecule has 0 radical (unpaired) electrons. The molecule has 1 aliphatic carbocycles. The molecule has 0 spiro atoms. The predicted octanol–water partition coefficient (Wildman–Crippen LogP) is 1.57. The third kappa shape index (κ3) is 2.62. The molecule has 2 rings (SSSR count). The molecule has 0 heterocycles. The van der Waals surface area contributed by atoms with E-state index in [4.69, 9.17) is 15.2 Å². The highest BCUT2D eigenvalue weighted by atomic mass is 16.5. The summed E-state index contributed by atoms with van der Waals surface area (Å²) in [7, 11) is 3.01. The first-order valence-corrected chi connectivity index (χ1v) is 6.47. The fraction of sp³-hybridized carbons (Fsp3) is 0.571. The van der Waals surface area contributed by atoms with Crippen LogP contribution in [0.1, 0.15) is 30.9 Å². The fourth-order valence-corrected chi connectivity index (χ4v) is 2.45. The number of ether oxygens (including phenoxy) is 2. The summed E-state index contributed by atoms with van der Waals surface area (Å²) in [6.07, 6.45) is 2.42. The molecule has 1 fully saturated rings. The first-order valence-electron chi connectivity index (χ1n) is 6.47. The molecule has 0 bridgehead atoms. The molecule has 1 saturated carbocycles. The van der Waals surface area contributed by atoms with Crippen LogP contribution in [0.25, 0.3) is 0 Å². The molecule has 0 aliphatic heterocycles. The molecule has 19 heavy (non-hydrogen) atoms. The van der Waals surface area contributed by atoms with E-state index in [1.165, 1.54) is 20.3 Å². The number of hydrogen-bond donors (Lipinski definition) is 3. The van der Waals surface area contributed by atoms with E-state index in [0.29, 0.717) is 17.1 Å². The van der Waals surface area contributed by atoms with Gasteiger partial charge in [-0.3, -0.25) is 0 Å². The minimum absolute atomic E-state index is 0.0120. The van der Waals surface area contributed by atoms with E-state index in [-0.39, 0.29) is 11.7 Å². The van der Waals surface area contributed by atoms with E-state index in [1.54, 1.807) is 6.07 Å². The third-order valence-corrected chi connectivity index (χ3v) is 3.88. The number of phenolic OH excluding ortho intramolecular Hbond substituents is 1. The van der Waals surface area contributed by atoms with E-state index in [2.05, 4.69) is 0 Å². The summed E-state index contributed by atoms with van der Waals surface area (Å²) in [5.41, 5.74) is 6.52. The van der Waals surface area contributed by atoms with E-state index in [0.717, 1.165) is 19.3 Å².